The Kier molecular flexibility index (Phi) is 37.1. The van der Waals surface area contributed by atoms with Gasteiger partial charge in [0.25, 0.3) is 0 Å². The molecule has 0 atom stereocenters. The molecule has 0 saturated heterocycles. The fraction of sp³-hybridized carbons (Fsp3) is 0.750. The maximum absolute atomic E-state index is 9.44. The van der Waals surface area contributed by atoms with Gasteiger partial charge in [0.05, 0.1) is 0 Å². The summed E-state index contributed by atoms with van der Waals surface area (Å²) in [6.45, 7) is 6.11. The average molecular weight is 208 g/mol. The Balaban J connectivity index is -0.0000000492. The van der Waals surface area contributed by atoms with Gasteiger partial charge in [-0.05, 0) is 34.7 Å². The monoisotopic (exact) mass is 208 g/mol. The van der Waals surface area contributed by atoms with Gasteiger partial charge in [-0.25, -0.2) is 0 Å². The van der Waals surface area contributed by atoms with Crippen molar-refractivity contribution in [3.63, 3.8) is 0 Å². The minimum atomic E-state index is -0.500. The van der Waals surface area contributed by atoms with Crippen molar-refractivity contribution < 1.29 is 14.5 Å². The molecule has 6 heteroatoms. The second-order valence-electron chi connectivity index (χ2n) is 2.26. The lowest BCUT2D eigenvalue weighted by Gasteiger charge is -1.63. The maximum atomic E-state index is 9.44. The molecule has 0 fully saturated rings. The van der Waals surface area contributed by atoms with Crippen molar-refractivity contribution in [2.24, 2.45) is 5.73 Å². The summed E-state index contributed by atoms with van der Waals surface area (Å²) >= 11 is 0. The molecule has 0 bridgehead atoms. The number of nitrogens with two attached hydrogens (primary N) is 1. The number of rotatable bonds is 0. The molecule has 0 aromatic rings. The zero-order valence-electron chi connectivity index (χ0n) is 9.66. The van der Waals surface area contributed by atoms with Crippen LogP contribution in [-0.4, -0.2) is 30.6 Å². The second kappa shape index (κ2) is 22.6. The standard InChI is InChI=1S/2C3H6O.CH3NO2.CH5N/c2*1-3(2)4;1-2(3)4;1-2/h2*1-2H3;1H3;2H2,1H3. The summed E-state index contributed by atoms with van der Waals surface area (Å²) in [4.78, 5) is 27.2. The van der Waals surface area contributed by atoms with Crippen molar-refractivity contribution in [3.05, 3.63) is 10.1 Å². The molecular formula is C8H20N2O4. The molecule has 0 spiro atoms. The number of hydrogen-bond donors (Lipinski definition) is 1. The van der Waals surface area contributed by atoms with E-state index in [2.05, 4.69) is 5.73 Å². The number of Topliss-reactive ketones (excluding diaryl/α,β-unsaturated/α-hetero) is 2. The van der Waals surface area contributed by atoms with Crippen LogP contribution in [0.2, 0.25) is 0 Å². The van der Waals surface area contributed by atoms with Gasteiger partial charge in [0.1, 0.15) is 11.6 Å². The van der Waals surface area contributed by atoms with Crippen molar-refractivity contribution in [3.8, 4) is 0 Å². The topological polar surface area (TPSA) is 103 Å². The molecule has 0 aromatic heterocycles. The van der Waals surface area contributed by atoms with Crippen molar-refractivity contribution in [2.75, 3.05) is 14.1 Å². The van der Waals surface area contributed by atoms with Gasteiger partial charge >= 0.3 is 0 Å². The molecular weight excluding hydrogens is 188 g/mol. The molecule has 0 rings (SSSR count). The molecule has 14 heavy (non-hydrogen) atoms. The Bertz CT molecular complexity index is 117. The highest BCUT2D eigenvalue weighted by Crippen LogP contribution is 1.50. The van der Waals surface area contributed by atoms with E-state index in [4.69, 9.17) is 10.1 Å². The number of nitrogens with zero attached hydrogens (tertiary/aromatic N) is 1. The Morgan fingerprint density at radius 3 is 1.00 bits per heavy atom. The summed E-state index contributed by atoms with van der Waals surface area (Å²) in [6.07, 6.45) is 0. The Morgan fingerprint density at radius 2 is 1.00 bits per heavy atom. The molecule has 0 amide bonds. The molecule has 0 aliphatic heterocycles. The van der Waals surface area contributed by atoms with Crippen LogP contribution in [0, 0.1) is 10.1 Å². The van der Waals surface area contributed by atoms with Gasteiger partial charge in [-0.3, -0.25) is 10.1 Å². The van der Waals surface area contributed by atoms with Gasteiger partial charge in [0.15, 0.2) is 7.05 Å². The molecule has 6 nitrogen and oxygen atoms in total. The van der Waals surface area contributed by atoms with Crippen LogP contribution in [0.15, 0.2) is 0 Å². The normalized spacial score (nSPS) is 5.93. The molecule has 0 radical (unpaired) electrons. The van der Waals surface area contributed by atoms with E-state index in [1.54, 1.807) is 0 Å². The predicted molar refractivity (Wildman–Crippen MR) is 55.7 cm³/mol. The summed E-state index contributed by atoms with van der Waals surface area (Å²) in [6, 6.07) is 0. The van der Waals surface area contributed by atoms with Crippen LogP contribution < -0.4 is 5.73 Å². The average Bonchev–Trinajstić information content (AvgIpc) is 1.86. The lowest BCUT2D eigenvalue weighted by atomic mass is 10.6. The maximum Gasteiger partial charge on any atom is 0.194 e. The van der Waals surface area contributed by atoms with Crippen LogP contribution in [0.3, 0.4) is 0 Å². The van der Waals surface area contributed by atoms with E-state index in [0.29, 0.717) is 0 Å². The molecule has 2 N–H and O–H groups in total. The third-order valence-corrected chi connectivity index (χ3v) is 0. The number of carbonyl (C=O) groups excluding carboxylic acids is 2. The minimum Gasteiger partial charge on any atom is -0.333 e. The first-order chi connectivity index (χ1) is 6.20. The molecule has 0 saturated carbocycles. The number of nitro groups is 1. The first-order valence-electron chi connectivity index (χ1n) is 3.80. The van der Waals surface area contributed by atoms with Crippen LogP contribution in [-0.2, 0) is 9.59 Å². The van der Waals surface area contributed by atoms with E-state index in [9.17, 15) is 9.59 Å². The van der Waals surface area contributed by atoms with E-state index in [1.165, 1.54) is 34.7 Å². The van der Waals surface area contributed by atoms with Gasteiger partial charge in [0, 0.05) is 4.92 Å². The van der Waals surface area contributed by atoms with Crippen LogP contribution >= 0.6 is 0 Å². The summed E-state index contributed by atoms with van der Waals surface area (Å²) in [7, 11) is 2.39. The van der Waals surface area contributed by atoms with Crippen molar-refractivity contribution in [1.82, 2.24) is 0 Å². The lowest BCUT2D eigenvalue weighted by Crippen LogP contribution is -1.79. The van der Waals surface area contributed by atoms with E-state index < -0.39 is 4.92 Å². The van der Waals surface area contributed by atoms with Crippen LogP contribution in [0.25, 0.3) is 0 Å². The summed E-state index contributed by atoms with van der Waals surface area (Å²) in [5.74, 6) is 0.333. The van der Waals surface area contributed by atoms with E-state index in [0.717, 1.165) is 7.05 Å². The summed E-state index contributed by atoms with van der Waals surface area (Å²) in [5, 5.41) is 8.81. The largest absolute Gasteiger partial charge is 0.333 e. The van der Waals surface area contributed by atoms with Crippen LogP contribution in [0.4, 0.5) is 0 Å². The number of carbonyl (C=O) groups is 2. The van der Waals surface area contributed by atoms with Crippen LogP contribution in [0.5, 0.6) is 0 Å². The Labute approximate surface area is 84.6 Å². The van der Waals surface area contributed by atoms with Crippen LogP contribution in [0.1, 0.15) is 27.7 Å². The zero-order chi connectivity index (χ0) is 12.7. The molecule has 0 unspecified atom stereocenters. The third-order valence-electron chi connectivity index (χ3n) is 0. The first-order valence-corrected chi connectivity index (χ1v) is 3.80. The fourth-order valence-corrected chi connectivity index (χ4v) is 0. The van der Waals surface area contributed by atoms with E-state index >= 15 is 0 Å². The van der Waals surface area contributed by atoms with Gasteiger partial charge in [-0.2, -0.15) is 0 Å². The second-order valence-corrected chi connectivity index (χ2v) is 2.26. The molecule has 0 aromatic carbocycles. The highest BCUT2D eigenvalue weighted by Gasteiger charge is 1.62. The SMILES string of the molecule is CC(C)=O.CC(C)=O.CN.C[N+](=O)[O-]. The molecule has 0 aliphatic rings. The molecule has 86 valence electrons. The zero-order valence-corrected chi connectivity index (χ0v) is 9.66. The molecule has 0 heterocycles. The summed E-state index contributed by atoms with van der Waals surface area (Å²) in [5.41, 5.74) is 4.50. The van der Waals surface area contributed by atoms with Crippen molar-refractivity contribution >= 4 is 11.6 Å². The first kappa shape index (κ1) is 23.0. The fourth-order valence-electron chi connectivity index (χ4n) is 0. The Hall–Kier alpha value is -1.30. The number of hydrogen-bond acceptors (Lipinski definition) is 5. The lowest BCUT2D eigenvalue weighted by molar-refractivity contribution is -0.445. The van der Waals surface area contributed by atoms with Crippen molar-refractivity contribution in [2.45, 2.75) is 27.7 Å². The highest BCUT2D eigenvalue weighted by molar-refractivity contribution is 5.72. The minimum absolute atomic E-state index is 0.167. The Morgan fingerprint density at radius 1 is 1.00 bits per heavy atom. The highest BCUT2D eigenvalue weighted by atomic mass is 16.6. The van der Waals surface area contributed by atoms with Gasteiger partial charge in [-0.15, -0.1) is 0 Å². The molecule has 0 aliphatic carbocycles. The van der Waals surface area contributed by atoms with Gasteiger partial charge in [0.2, 0.25) is 0 Å². The number of ketones is 2. The van der Waals surface area contributed by atoms with Crippen molar-refractivity contribution in [1.29, 1.82) is 0 Å². The van der Waals surface area contributed by atoms with E-state index in [-0.39, 0.29) is 11.6 Å². The van der Waals surface area contributed by atoms with Gasteiger partial charge in [-0.1, -0.05) is 0 Å². The van der Waals surface area contributed by atoms with Gasteiger partial charge < -0.3 is 15.3 Å². The third kappa shape index (κ3) is 596. The predicted octanol–water partition coefficient (Wildman–Crippen LogP) is 0.658. The smallest absolute Gasteiger partial charge is 0.194 e. The summed E-state index contributed by atoms with van der Waals surface area (Å²) < 4.78 is 0. The van der Waals surface area contributed by atoms with E-state index in [1.807, 2.05) is 0 Å². The quantitative estimate of drug-likeness (QED) is 0.465.